The number of nitrogens with one attached hydrogen (secondary N) is 2. The number of aliphatic hydroxyl groups excluding tert-OH is 1. The van der Waals surface area contributed by atoms with Crippen molar-refractivity contribution in [2.45, 2.75) is 88.3 Å². The van der Waals surface area contributed by atoms with Gasteiger partial charge in [-0.15, -0.1) is 11.8 Å². The fourth-order valence-corrected chi connectivity index (χ4v) is 9.21. The Morgan fingerprint density at radius 3 is 2.58 bits per heavy atom. The quantitative estimate of drug-likeness (QED) is 0.325. The van der Waals surface area contributed by atoms with Crippen LogP contribution >= 0.6 is 11.8 Å². The molecule has 0 aromatic heterocycles. The highest BCUT2D eigenvalue weighted by Crippen LogP contribution is 2.68. The number of carbonyl (C=O) groups is 3. The van der Waals surface area contributed by atoms with Gasteiger partial charge in [0.1, 0.15) is 11.8 Å². The Morgan fingerprint density at radius 1 is 1.18 bits per heavy atom. The zero-order valence-corrected chi connectivity index (χ0v) is 23.9. The Hall–Kier alpha value is -2.26. The monoisotopic (exact) mass is 545 g/mol. The third kappa shape index (κ3) is 5.28. The van der Waals surface area contributed by atoms with Crippen LogP contribution in [0.4, 0.5) is 5.69 Å². The molecule has 3 saturated heterocycles. The first-order valence-electron chi connectivity index (χ1n) is 14.2. The molecule has 1 aromatic carbocycles. The molecule has 3 aliphatic rings. The number of fused-ring (bicyclic) bond motifs is 1. The Bertz CT molecular complexity index is 1000. The van der Waals surface area contributed by atoms with Crippen molar-refractivity contribution in [2.24, 2.45) is 17.8 Å². The van der Waals surface area contributed by atoms with Gasteiger partial charge in [0, 0.05) is 30.1 Å². The summed E-state index contributed by atoms with van der Waals surface area (Å²) in [4.78, 5) is 43.4. The second kappa shape index (κ2) is 12.3. The standard InChI is InChI=1S/C29H43N3O5S/c1-5-10-19(4)30-27(35)25-29-18(3)17-22(38-29)23(24(29)28(36)32(25)15-8-7-9-16-33)26(34)31-20-11-13-21(14-12-20)37-6-2/h11-14,18-19,22-25,33H,5-10,15-17H2,1-4H3,(H,30,35)(H,31,34)/t18?,19?,22-,23+,24-,25?,29?/m0/s1. The number of unbranched alkanes of at least 4 members (excludes halogenated alkanes) is 2. The maximum Gasteiger partial charge on any atom is 0.244 e. The van der Waals surface area contributed by atoms with Crippen molar-refractivity contribution < 1.29 is 24.2 Å². The number of carbonyl (C=O) groups excluding carboxylic acids is 3. The first-order valence-corrected chi connectivity index (χ1v) is 15.1. The zero-order valence-electron chi connectivity index (χ0n) is 23.1. The molecule has 4 rings (SSSR count). The number of hydrogen-bond donors (Lipinski definition) is 3. The molecule has 3 amide bonds. The lowest BCUT2D eigenvalue weighted by Gasteiger charge is -2.39. The van der Waals surface area contributed by atoms with E-state index in [2.05, 4.69) is 24.5 Å². The van der Waals surface area contributed by atoms with Crippen LogP contribution in [0, 0.1) is 17.8 Å². The normalized spacial score (nSPS) is 30.3. The van der Waals surface area contributed by atoms with Crippen molar-refractivity contribution in [3.8, 4) is 5.75 Å². The molecule has 8 nitrogen and oxygen atoms in total. The zero-order chi connectivity index (χ0) is 27.4. The fourth-order valence-electron chi connectivity index (χ4n) is 6.78. The van der Waals surface area contributed by atoms with Crippen LogP contribution in [0.1, 0.15) is 66.2 Å². The van der Waals surface area contributed by atoms with Gasteiger partial charge in [0.05, 0.1) is 23.2 Å². The van der Waals surface area contributed by atoms with E-state index in [1.165, 1.54) is 0 Å². The summed E-state index contributed by atoms with van der Waals surface area (Å²) in [5.41, 5.74) is 0.669. The van der Waals surface area contributed by atoms with Gasteiger partial charge in [-0.2, -0.15) is 0 Å². The van der Waals surface area contributed by atoms with Gasteiger partial charge in [-0.1, -0.05) is 20.3 Å². The van der Waals surface area contributed by atoms with Crippen LogP contribution in [0.5, 0.6) is 5.75 Å². The summed E-state index contributed by atoms with van der Waals surface area (Å²) >= 11 is 1.70. The van der Waals surface area contributed by atoms with Crippen LogP contribution in [-0.2, 0) is 14.4 Å². The summed E-state index contributed by atoms with van der Waals surface area (Å²) in [6.07, 6.45) is 4.81. The van der Waals surface area contributed by atoms with E-state index < -0.39 is 22.6 Å². The van der Waals surface area contributed by atoms with E-state index >= 15 is 0 Å². The molecular weight excluding hydrogens is 502 g/mol. The number of anilines is 1. The molecule has 3 N–H and O–H groups in total. The smallest absolute Gasteiger partial charge is 0.244 e. The van der Waals surface area contributed by atoms with Crippen molar-refractivity contribution in [3.63, 3.8) is 0 Å². The summed E-state index contributed by atoms with van der Waals surface area (Å²) < 4.78 is 4.89. The van der Waals surface area contributed by atoms with Crippen molar-refractivity contribution >= 4 is 35.2 Å². The molecule has 2 bridgehead atoms. The van der Waals surface area contributed by atoms with E-state index in [0.29, 0.717) is 25.3 Å². The minimum absolute atomic E-state index is 0.00144. The van der Waals surface area contributed by atoms with Gasteiger partial charge < -0.3 is 25.4 Å². The second-order valence-electron chi connectivity index (χ2n) is 11.0. The van der Waals surface area contributed by atoms with Crippen molar-refractivity contribution in [2.75, 3.05) is 25.1 Å². The molecule has 9 heteroatoms. The molecule has 1 aromatic rings. The highest BCUT2D eigenvalue weighted by atomic mass is 32.2. The minimum atomic E-state index is -0.615. The van der Waals surface area contributed by atoms with E-state index in [0.717, 1.165) is 37.9 Å². The number of likely N-dealkylation sites (tertiary alicyclic amines) is 1. The Morgan fingerprint density at radius 2 is 1.92 bits per heavy atom. The van der Waals surface area contributed by atoms with E-state index in [1.54, 1.807) is 16.7 Å². The Kier molecular flexibility index (Phi) is 9.29. The largest absolute Gasteiger partial charge is 0.494 e. The van der Waals surface area contributed by atoms with Crippen LogP contribution in [0.3, 0.4) is 0 Å². The number of ether oxygens (including phenoxy) is 1. The molecule has 38 heavy (non-hydrogen) atoms. The average Bonchev–Trinajstić information content (AvgIpc) is 3.47. The number of amides is 3. The van der Waals surface area contributed by atoms with Crippen LogP contribution in [0.2, 0.25) is 0 Å². The van der Waals surface area contributed by atoms with Crippen LogP contribution in [0.15, 0.2) is 24.3 Å². The van der Waals surface area contributed by atoms with Crippen LogP contribution in [0.25, 0.3) is 0 Å². The van der Waals surface area contributed by atoms with Crippen molar-refractivity contribution in [1.29, 1.82) is 0 Å². The number of hydrogen-bond acceptors (Lipinski definition) is 6. The van der Waals surface area contributed by atoms with Gasteiger partial charge in [0.2, 0.25) is 17.7 Å². The van der Waals surface area contributed by atoms with E-state index in [4.69, 9.17) is 4.74 Å². The van der Waals surface area contributed by atoms with Crippen LogP contribution in [-0.4, -0.2) is 69.6 Å². The SMILES string of the molecule is CCCC(C)NC(=O)C1N(CCCCCO)C(=O)[C@@H]2[C@H](C(=O)Nc3ccc(OCC)cc3)[C@@H]3CC(C)C12S3. The van der Waals surface area contributed by atoms with E-state index in [1.807, 2.05) is 38.1 Å². The minimum Gasteiger partial charge on any atom is -0.494 e. The molecule has 3 aliphatic heterocycles. The molecule has 0 aliphatic carbocycles. The second-order valence-corrected chi connectivity index (χ2v) is 12.6. The molecule has 3 heterocycles. The van der Waals surface area contributed by atoms with Crippen LogP contribution < -0.4 is 15.4 Å². The number of benzene rings is 1. The fraction of sp³-hybridized carbons (Fsp3) is 0.690. The van der Waals surface area contributed by atoms with Gasteiger partial charge in [-0.05, 0) is 76.1 Å². The maximum absolute atomic E-state index is 14.1. The lowest BCUT2D eigenvalue weighted by Crippen LogP contribution is -2.57. The van der Waals surface area contributed by atoms with Crippen molar-refractivity contribution in [1.82, 2.24) is 10.2 Å². The summed E-state index contributed by atoms with van der Waals surface area (Å²) in [6.45, 7) is 9.30. The van der Waals surface area contributed by atoms with Crippen molar-refractivity contribution in [3.05, 3.63) is 24.3 Å². The molecule has 210 valence electrons. The summed E-state index contributed by atoms with van der Waals surface area (Å²) in [5, 5.41) is 15.4. The molecule has 1 spiro atoms. The topological polar surface area (TPSA) is 108 Å². The molecule has 0 saturated carbocycles. The molecular formula is C29H43N3O5S. The van der Waals surface area contributed by atoms with Gasteiger partial charge in [0.15, 0.2) is 0 Å². The summed E-state index contributed by atoms with van der Waals surface area (Å²) in [7, 11) is 0. The van der Waals surface area contributed by atoms with E-state index in [-0.39, 0.29) is 41.5 Å². The lowest BCUT2D eigenvalue weighted by atomic mass is 9.65. The summed E-state index contributed by atoms with van der Waals surface area (Å²) in [5.74, 6) is -0.467. The Balaban J connectivity index is 1.60. The predicted molar refractivity (Wildman–Crippen MR) is 150 cm³/mol. The third-order valence-corrected chi connectivity index (χ3v) is 10.5. The number of aliphatic hydroxyl groups is 1. The number of nitrogens with zero attached hydrogens (tertiary/aromatic N) is 1. The number of thioether (sulfide) groups is 1. The highest BCUT2D eigenvalue weighted by Gasteiger charge is 2.75. The van der Waals surface area contributed by atoms with Gasteiger partial charge in [-0.3, -0.25) is 14.4 Å². The maximum atomic E-state index is 14.1. The first-order chi connectivity index (χ1) is 18.3. The summed E-state index contributed by atoms with van der Waals surface area (Å²) in [6, 6.07) is 6.71. The lowest BCUT2D eigenvalue weighted by molar-refractivity contribution is -0.139. The molecule has 0 radical (unpaired) electrons. The van der Waals surface area contributed by atoms with E-state index in [9.17, 15) is 19.5 Å². The van der Waals surface area contributed by atoms with Gasteiger partial charge in [0.25, 0.3) is 0 Å². The number of rotatable bonds is 13. The first kappa shape index (κ1) is 28.7. The third-order valence-electron chi connectivity index (χ3n) is 8.40. The van der Waals surface area contributed by atoms with Gasteiger partial charge in [-0.25, -0.2) is 0 Å². The Labute approximate surface area is 230 Å². The van der Waals surface area contributed by atoms with Gasteiger partial charge >= 0.3 is 0 Å². The molecule has 7 atom stereocenters. The predicted octanol–water partition coefficient (Wildman–Crippen LogP) is 3.83. The molecule has 4 unspecified atom stereocenters. The average molecular weight is 546 g/mol. The molecule has 3 fully saturated rings. The highest BCUT2D eigenvalue weighted by molar-refractivity contribution is 8.02.